The van der Waals surface area contributed by atoms with E-state index in [0.29, 0.717) is 12.8 Å². The van der Waals surface area contributed by atoms with Gasteiger partial charge in [0.2, 0.25) is 5.91 Å². The molecular weight excluding hydrogens is 262 g/mol. The van der Waals surface area contributed by atoms with Gasteiger partial charge in [0, 0.05) is 18.7 Å². The topological polar surface area (TPSA) is 49.3 Å². The lowest BCUT2D eigenvalue weighted by atomic mass is 9.86. The standard InChI is InChI=1S/C18H27NO2/c20-14-13-16-9-11-17(12-10-16)19-18(21)8-4-7-15-5-2-1-3-6-15/h9-12,15,20H,1-8,13-14H2,(H,19,21). The van der Waals surface area contributed by atoms with Crippen molar-refractivity contribution in [3.05, 3.63) is 29.8 Å². The largest absolute Gasteiger partial charge is 0.396 e. The summed E-state index contributed by atoms with van der Waals surface area (Å²) in [5, 5.41) is 11.8. The first-order valence-electron chi connectivity index (χ1n) is 8.27. The second-order valence-corrected chi connectivity index (χ2v) is 6.11. The molecule has 21 heavy (non-hydrogen) atoms. The average Bonchev–Trinajstić information content (AvgIpc) is 2.51. The van der Waals surface area contributed by atoms with Crippen molar-refractivity contribution in [2.24, 2.45) is 5.92 Å². The van der Waals surface area contributed by atoms with Crippen LogP contribution in [-0.4, -0.2) is 17.6 Å². The Hall–Kier alpha value is -1.35. The van der Waals surface area contributed by atoms with E-state index in [1.54, 1.807) is 0 Å². The van der Waals surface area contributed by atoms with Crippen LogP contribution < -0.4 is 5.32 Å². The Bertz CT molecular complexity index is 421. The molecule has 0 atom stereocenters. The number of benzene rings is 1. The molecule has 1 saturated carbocycles. The monoisotopic (exact) mass is 289 g/mol. The minimum atomic E-state index is 0.112. The molecule has 1 aromatic carbocycles. The van der Waals surface area contributed by atoms with E-state index < -0.39 is 0 Å². The van der Waals surface area contributed by atoms with Gasteiger partial charge in [0.25, 0.3) is 0 Å². The number of hydrogen-bond donors (Lipinski definition) is 2. The molecule has 1 aliphatic carbocycles. The van der Waals surface area contributed by atoms with Gasteiger partial charge in [-0.3, -0.25) is 4.79 Å². The summed E-state index contributed by atoms with van der Waals surface area (Å²) in [7, 11) is 0. The van der Waals surface area contributed by atoms with Crippen LogP contribution in [0.4, 0.5) is 5.69 Å². The summed E-state index contributed by atoms with van der Waals surface area (Å²) in [6.45, 7) is 0.160. The second kappa shape index (κ2) is 8.83. The minimum absolute atomic E-state index is 0.112. The molecule has 1 amide bonds. The van der Waals surface area contributed by atoms with Crippen LogP contribution in [0.25, 0.3) is 0 Å². The third-order valence-electron chi connectivity index (χ3n) is 4.38. The molecule has 116 valence electrons. The van der Waals surface area contributed by atoms with Crippen molar-refractivity contribution < 1.29 is 9.90 Å². The number of nitrogens with one attached hydrogen (secondary N) is 1. The smallest absolute Gasteiger partial charge is 0.224 e. The summed E-state index contributed by atoms with van der Waals surface area (Å²) in [6.07, 6.45) is 10.3. The van der Waals surface area contributed by atoms with Crippen molar-refractivity contribution in [2.75, 3.05) is 11.9 Å². The van der Waals surface area contributed by atoms with Crippen molar-refractivity contribution in [3.63, 3.8) is 0 Å². The van der Waals surface area contributed by atoms with Gasteiger partial charge in [-0.15, -0.1) is 0 Å². The van der Waals surface area contributed by atoms with E-state index in [1.807, 2.05) is 24.3 Å². The van der Waals surface area contributed by atoms with Crippen LogP contribution in [0.2, 0.25) is 0 Å². The van der Waals surface area contributed by atoms with Crippen molar-refractivity contribution in [2.45, 2.75) is 57.8 Å². The lowest BCUT2D eigenvalue weighted by molar-refractivity contribution is -0.116. The number of carbonyl (C=O) groups excluding carboxylic acids is 1. The number of rotatable bonds is 7. The normalized spacial score (nSPS) is 15.9. The van der Waals surface area contributed by atoms with Crippen molar-refractivity contribution in [3.8, 4) is 0 Å². The Morgan fingerprint density at radius 2 is 1.86 bits per heavy atom. The van der Waals surface area contributed by atoms with E-state index in [4.69, 9.17) is 5.11 Å². The molecule has 1 aliphatic rings. The molecule has 0 unspecified atom stereocenters. The highest BCUT2D eigenvalue weighted by Crippen LogP contribution is 2.27. The number of aliphatic hydroxyl groups excluding tert-OH is 1. The van der Waals surface area contributed by atoms with Crippen LogP contribution in [0.1, 0.15) is 56.9 Å². The highest BCUT2D eigenvalue weighted by atomic mass is 16.2. The van der Waals surface area contributed by atoms with Crippen LogP contribution in [-0.2, 0) is 11.2 Å². The van der Waals surface area contributed by atoms with Gasteiger partial charge in [-0.1, -0.05) is 44.2 Å². The van der Waals surface area contributed by atoms with Gasteiger partial charge < -0.3 is 10.4 Å². The van der Waals surface area contributed by atoms with Gasteiger partial charge in [0.15, 0.2) is 0 Å². The van der Waals surface area contributed by atoms with Crippen molar-refractivity contribution >= 4 is 11.6 Å². The first-order valence-corrected chi connectivity index (χ1v) is 8.27. The zero-order valence-corrected chi connectivity index (χ0v) is 12.8. The summed E-state index contributed by atoms with van der Waals surface area (Å²) in [5.74, 6) is 0.963. The van der Waals surface area contributed by atoms with Crippen LogP contribution in [0.15, 0.2) is 24.3 Å². The van der Waals surface area contributed by atoms with Gasteiger partial charge >= 0.3 is 0 Å². The Kier molecular flexibility index (Phi) is 6.74. The van der Waals surface area contributed by atoms with E-state index >= 15 is 0 Å². The number of amides is 1. The molecule has 0 aliphatic heterocycles. The predicted molar refractivity (Wildman–Crippen MR) is 86.3 cm³/mol. The molecule has 0 saturated heterocycles. The fourth-order valence-electron chi connectivity index (χ4n) is 3.13. The number of anilines is 1. The summed E-state index contributed by atoms with van der Waals surface area (Å²) in [5.41, 5.74) is 1.94. The van der Waals surface area contributed by atoms with E-state index in [2.05, 4.69) is 5.32 Å². The molecule has 0 bridgehead atoms. The lowest BCUT2D eigenvalue weighted by Crippen LogP contribution is -2.12. The average molecular weight is 289 g/mol. The molecule has 2 rings (SSSR count). The highest BCUT2D eigenvalue weighted by Gasteiger charge is 2.13. The van der Waals surface area contributed by atoms with Crippen molar-refractivity contribution in [1.29, 1.82) is 0 Å². The maximum absolute atomic E-state index is 11.9. The molecule has 2 N–H and O–H groups in total. The SMILES string of the molecule is O=C(CCCC1CCCCC1)Nc1ccc(CCO)cc1. The van der Waals surface area contributed by atoms with Crippen LogP contribution in [0, 0.1) is 5.92 Å². The minimum Gasteiger partial charge on any atom is -0.396 e. The fourth-order valence-corrected chi connectivity index (χ4v) is 3.13. The Morgan fingerprint density at radius 1 is 1.14 bits per heavy atom. The maximum atomic E-state index is 11.9. The van der Waals surface area contributed by atoms with E-state index in [9.17, 15) is 4.79 Å². The van der Waals surface area contributed by atoms with E-state index in [1.165, 1.54) is 38.5 Å². The lowest BCUT2D eigenvalue weighted by Gasteiger charge is -2.21. The fraction of sp³-hybridized carbons (Fsp3) is 0.611. The molecule has 0 spiro atoms. The van der Waals surface area contributed by atoms with Crippen LogP contribution >= 0.6 is 0 Å². The Labute approximate surface area is 127 Å². The second-order valence-electron chi connectivity index (χ2n) is 6.11. The summed E-state index contributed by atoms with van der Waals surface area (Å²) >= 11 is 0. The molecule has 3 heteroatoms. The number of carbonyl (C=O) groups is 1. The van der Waals surface area contributed by atoms with Crippen LogP contribution in [0.5, 0.6) is 0 Å². The van der Waals surface area contributed by atoms with Crippen molar-refractivity contribution in [1.82, 2.24) is 0 Å². The summed E-state index contributed by atoms with van der Waals surface area (Å²) < 4.78 is 0. The quantitative estimate of drug-likeness (QED) is 0.799. The Morgan fingerprint density at radius 3 is 2.52 bits per heavy atom. The molecular formula is C18H27NO2. The van der Waals surface area contributed by atoms with Gasteiger partial charge in [0.05, 0.1) is 0 Å². The maximum Gasteiger partial charge on any atom is 0.224 e. The van der Waals surface area contributed by atoms with E-state index in [0.717, 1.165) is 23.6 Å². The number of aliphatic hydroxyl groups is 1. The molecule has 1 fully saturated rings. The highest BCUT2D eigenvalue weighted by molar-refractivity contribution is 5.90. The zero-order chi connectivity index (χ0) is 14.9. The van der Waals surface area contributed by atoms with Gasteiger partial charge in [-0.05, 0) is 42.9 Å². The first-order chi connectivity index (χ1) is 10.3. The zero-order valence-electron chi connectivity index (χ0n) is 12.8. The predicted octanol–water partition coefficient (Wildman–Crippen LogP) is 3.91. The third kappa shape index (κ3) is 5.88. The molecule has 1 aromatic rings. The number of hydrogen-bond acceptors (Lipinski definition) is 2. The molecule has 0 aromatic heterocycles. The van der Waals surface area contributed by atoms with Gasteiger partial charge in [0.1, 0.15) is 0 Å². The van der Waals surface area contributed by atoms with E-state index in [-0.39, 0.29) is 12.5 Å². The first kappa shape index (κ1) is 16.0. The molecule has 0 radical (unpaired) electrons. The molecule has 3 nitrogen and oxygen atoms in total. The Balaban J connectivity index is 1.66. The molecule has 0 heterocycles. The summed E-state index contributed by atoms with van der Waals surface area (Å²) in [4.78, 5) is 11.9. The van der Waals surface area contributed by atoms with Gasteiger partial charge in [-0.25, -0.2) is 0 Å². The third-order valence-corrected chi connectivity index (χ3v) is 4.38. The van der Waals surface area contributed by atoms with Crippen LogP contribution in [0.3, 0.4) is 0 Å². The van der Waals surface area contributed by atoms with Gasteiger partial charge in [-0.2, -0.15) is 0 Å². The summed E-state index contributed by atoms with van der Waals surface area (Å²) in [6, 6.07) is 7.72.